The van der Waals surface area contributed by atoms with E-state index < -0.39 is 0 Å². The monoisotopic (exact) mass is 297 g/mol. The van der Waals surface area contributed by atoms with Gasteiger partial charge in [-0.25, -0.2) is 0 Å². The molecule has 0 aliphatic carbocycles. The van der Waals surface area contributed by atoms with E-state index in [4.69, 9.17) is 18.9 Å². The van der Waals surface area contributed by atoms with Crippen LogP contribution in [-0.4, -0.2) is 40.0 Å². The normalized spacial score (nSPS) is 13.4. The Balaban J connectivity index is 2.88. The maximum absolute atomic E-state index is 5.98. The average molecular weight is 297 g/mol. The minimum Gasteiger partial charge on any atom is -0.493 e. The van der Waals surface area contributed by atoms with Gasteiger partial charge in [-0.3, -0.25) is 0 Å². The Kier molecular flexibility index (Phi) is 7.15. The lowest BCUT2D eigenvalue weighted by Crippen LogP contribution is -2.39. The largest absolute Gasteiger partial charge is 0.493 e. The van der Waals surface area contributed by atoms with Crippen LogP contribution < -0.4 is 24.3 Å². The lowest BCUT2D eigenvalue weighted by molar-refractivity contribution is 0.176. The highest BCUT2D eigenvalue weighted by atomic mass is 16.5. The van der Waals surface area contributed by atoms with Gasteiger partial charge in [-0.1, -0.05) is 6.92 Å². The van der Waals surface area contributed by atoms with Gasteiger partial charge in [0.05, 0.1) is 21.3 Å². The molecule has 5 heteroatoms. The average Bonchev–Trinajstić information content (AvgIpc) is 2.51. The van der Waals surface area contributed by atoms with Crippen molar-refractivity contribution in [1.82, 2.24) is 5.32 Å². The molecule has 0 aromatic heterocycles. The Morgan fingerprint density at radius 1 is 1.00 bits per heavy atom. The first kappa shape index (κ1) is 17.4. The molecule has 2 unspecified atom stereocenters. The molecule has 0 bridgehead atoms. The fourth-order valence-electron chi connectivity index (χ4n) is 1.98. The van der Waals surface area contributed by atoms with Crippen molar-refractivity contribution in [1.29, 1.82) is 0 Å². The van der Waals surface area contributed by atoms with Crippen LogP contribution in [-0.2, 0) is 0 Å². The summed E-state index contributed by atoms with van der Waals surface area (Å²) in [5.74, 6) is 2.45. The molecule has 1 aromatic rings. The van der Waals surface area contributed by atoms with Gasteiger partial charge in [0.1, 0.15) is 11.9 Å². The van der Waals surface area contributed by atoms with E-state index in [0.717, 1.165) is 13.0 Å². The van der Waals surface area contributed by atoms with Crippen molar-refractivity contribution in [3.05, 3.63) is 12.1 Å². The van der Waals surface area contributed by atoms with Crippen LogP contribution >= 0.6 is 0 Å². The second-order valence-corrected chi connectivity index (χ2v) is 4.93. The Morgan fingerprint density at radius 2 is 1.57 bits per heavy atom. The van der Waals surface area contributed by atoms with Crippen molar-refractivity contribution in [2.24, 2.45) is 0 Å². The predicted molar refractivity (Wildman–Crippen MR) is 83.9 cm³/mol. The highest BCUT2D eigenvalue weighted by Gasteiger charge is 2.17. The Hall–Kier alpha value is -1.62. The fraction of sp³-hybridized carbons (Fsp3) is 0.625. The Labute approximate surface area is 127 Å². The summed E-state index contributed by atoms with van der Waals surface area (Å²) in [6.45, 7) is 7.27. The van der Waals surface area contributed by atoms with Gasteiger partial charge in [-0.2, -0.15) is 0 Å². The molecule has 0 amide bonds. The molecule has 21 heavy (non-hydrogen) atoms. The van der Waals surface area contributed by atoms with Crippen LogP contribution in [0.25, 0.3) is 0 Å². The first-order chi connectivity index (χ1) is 10.1. The molecule has 0 spiro atoms. The lowest BCUT2D eigenvalue weighted by Gasteiger charge is -2.23. The molecule has 5 nitrogen and oxygen atoms in total. The number of nitrogens with one attached hydrogen (secondary N) is 1. The highest BCUT2D eigenvalue weighted by molar-refractivity contribution is 5.55. The molecule has 2 atom stereocenters. The van der Waals surface area contributed by atoms with E-state index in [1.54, 1.807) is 21.3 Å². The Morgan fingerprint density at radius 3 is 2.00 bits per heavy atom. The zero-order chi connectivity index (χ0) is 15.8. The second kappa shape index (κ2) is 8.62. The number of hydrogen-bond donors (Lipinski definition) is 1. The third-order valence-electron chi connectivity index (χ3n) is 3.38. The van der Waals surface area contributed by atoms with E-state index in [0.29, 0.717) is 23.0 Å². The molecule has 0 radical (unpaired) electrons. The van der Waals surface area contributed by atoms with Gasteiger partial charge in [0, 0.05) is 18.2 Å². The van der Waals surface area contributed by atoms with Crippen molar-refractivity contribution in [3.63, 3.8) is 0 Å². The van der Waals surface area contributed by atoms with E-state index in [1.807, 2.05) is 19.1 Å². The number of ether oxygens (including phenoxy) is 4. The van der Waals surface area contributed by atoms with E-state index in [1.165, 1.54) is 0 Å². The van der Waals surface area contributed by atoms with E-state index >= 15 is 0 Å². The quantitative estimate of drug-likeness (QED) is 0.759. The van der Waals surface area contributed by atoms with E-state index in [2.05, 4.69) is 19.2 Å². The van der Waals surface area contributed by atoms with Gasteiger partial charge in [-0.05, 0) is 26.8 Å². The molecular weight excluding hydrogens is 270 g/mol. The van der Waals surface area contributed by atoms with E-state index in [9.17, 15) is 0 Å². The van der Waals surface area contributed by atoms with Crippen molar-refractivity contribution in [2.75, 3.05) is 27.9 Å². The van der Waals surface area contributed by atoms with Crippen LogP contribution in [0.1, 0.15) is 27.2 Å². The maximum atomic E-state index is 5.98. The highest BCUT2D eigenvalue weighted by Crippen LogP contribution is 2.41. The molecule has 120 valence electrons. The zero-order valence-corrected chi connectivity index (χ0v) is 13.9. The molecule has 1 aromatic carbocycles. The first-order valence-electron chi connectivity index (χ1n) is 7.27. The van der Waals surface area contributed by atoms with Gasteiger partial charge in [-0.15, -0.1) is 0 Å². The molecule has 0 aliphatic rings. The number of methoxy groups -OCH3 is 3. The van der Waals surface area contributed by atoms with Gasteiger partial charge in [0.15, 0.2) is 11.5 Å². The van der Waals surface area contributed by atoms with Crippen LogP contribution in [0.15, 0.2) is 12.1 Å². The smallest absolute Gasteiger partial charge is 0.203 e. The zero-order valence-electron chi connectivity index (χ0n) is 13.9. The van der Waals surface area contributed by atoms with E-state index in [-0.39, 0.29) is 12.1 Å². The minimum absolute atomic E-state index is 0.0272. The van der Waals surface area contributed by atoms with Gasteiger partial charge in [0.25, 0.3) is 0 Å². The van der Waals surface area contributed by atoms with Crippen molar-refractivity contribution < 1.29 is 18.9 Å². The molecule has 0 fully saturated rings. The molecule has 0 saturated heterocycles. The maximum Gasteiger partial charge on any atom is 0.203 e. The summed E-state index contributed by atoms with van der Waals surface area (Å²) < 4.78 is 21.9. The van der Waals surface area contributed by atoms with Crippen molar-refractivity contribution in [3.8, 4) is 23.0 Å². The predicted octanol–water partition coefficient (Wildman–Crippen LogP) is 2.87. The number of benzene rings is 1. The summed E-state index contributed by atoms with van der Waals surface area (Å²) in [6.07, 6.45) is 1.13. The molecule has 0 saturated carbocycles. The van der Waals surface area contributed by atoms with Crippen LogP contribution in [0, 0.1) is 0 Å². The topological polar surface area (TPSA) is 49.0 Å². The fourth-order valence-corrected chi connectivity index (χ4v) is 1.98. The standard InChI is InChI=1S/C16H27NO4/c1-7-8-17-11(2)12(3)21-13-9-14(18-4)16(20-6)15(10-13)19-5/h9-12,17H,7-8H2,1-6H3. The van der Waals surface area contributed by atoms with Gasteiger partial charge >= 0.3 is 0 Å². The van der Waals surface area contributed by atoms with Crippen molar-refractivity contribution >= 4 is 0 Å². The summed E-state index contributed by atoms with van der Waals surface area (Å²) in [7, 11) is 4.77. The van der Waals surface area contributed by atoms with Crippen LogP contribution in [0.3, 0.4) is 0 Å². The summed E-state index contributed by atoms with van der Waals surface area (Å²) in [5, 5.41) is 3.42. The first-order valence-corrected chi connectivity index (χ1v) is 7.27. The molecular formula is C16H27NO4. The molecule has 0 aliphatic heterocycles. The second-order valence-electron chi connectivity index (χ2n) is 4.93. The molecule has 1 N–H and O–H groups in total. The minimum atomic E-state index is 0.0272. The van der Waals surface area contributed by atoms with Crippen LogP contribution in [0.4, 0.5) is 0 Å². The lowest BCUT2D eigenvalue weighted by atomic mass is 10.2. The van der Waals surface area contributed by atoms with Gasteiger partial charge < -0.3 is 24.3 Å². The van der Waals surface area contributed by atoms with Crippen molar-refractivity contribution in [2.45, 2.75) is 39.3 Å². The van der Waals surface area contributed by atoms with Crippen LogP contribution in [0.5, 0.6) is 23.0 Å². The number of rotatable bonds is 9. The van der Waals surface area contributed by atoms with Crippen LogP contribution in [0.2, 0.25) is 0 Å². The summed E-state index contributed by atoms with van der Waals surface area (Å²) in [6, 6.07) is 3.87. The molecule has 0 heterocycles. The Bertz CT molecular complexity index is 411. The third kappa shape index (κ3) is 4.70. The third-order valence-corrected chi connectivity index (χ3v) is 3.38. The summed E-state index contributed by atoms with van der Waals surface area (Å²) >= 11 is 0. The summed E-state index contributed by atoms with van der Waals surface area (Å²) in [5.41, 5.74) is 0. The molecule has 1 rings (SSSR count). The SMILES string of the molecule is CCCNC(C)C(C)Oc1cc(OC)c(OC)c(OC)c1. The summed E-state index contributed by atoms with van der Waals surface area (Å²) in [4.78, 5) is 0. The van der Waals surface area contributed by atoms with Gasteiger partial charge in [0.2, 0.25) is 5.75 Å². The number of hydrogen-bond acceptors (Lipinski definition) is 5.